The predicted octanol–water partition coefficient (Wildman–Crippen LogP) is 4.70. The van der Waals surface area contributed by atoms with Crippen LogP contribution in [0.4, 0.5) is 10.5 Å². The fraction of sp³-hybridized carbons (Fsp3) is 0.708. The van der Waals surface area contributed by atoms with Crippen molar-refractivity contribution in [2.45, 2.75) is 70.4 Å². The molecule has 1 aliphatic rings. The first-order valence-electron chi connectivity index (χ1n) is 11.5. The van der Waals surface area contributed by atoms with Crippen molar-refractivity contribution in [2.24, 2.45) is 0 Å². The lowest BCUT2D eigenvalue weighted by molar-refractivity contribution is -0.0176. The average Bonchev–Trinajstić information content (AvgIpc) is 2.71. The number of benzene rings is 1. The zero-order chi connectivity index (χ0) is 21.8. The number of nitrogens with one attached hydrogen (secondary N) is 1. The number of carbonyl (C=O) groups is 1. The number of morpholine rings is 1. The van der Waals surface area contributed by atoms with Crippen molar-refractivity contribution in [3.63, 3.8) is 0 Å². The molecule has 0 radical (unpaired) electrons. The Kier molecular flexibility index (Phi) is 11.2. The van der Waals surface area contributed by atoms with Crippen LogP contribution in [-0.2, 0) is 11.2 Å². The van der Waals surface area contributed by atoms with Crippen molar-refractivity contribution < 1.29 is 14.6 Å². The van der Waals surface area contributed by atoms with E-state index in [0.717, 1.165) is 38.2 Å². The summed E-state index contributed by atoms with van der Waals surface area (Å²) in [7, 11) is 4.31. The molecule has 0 aromatic heterocycles. The minimum Gasteiger partial charge on any atom is -0.465 e. The van der Waals surface area contributed by atoms with Gasteiger partial charge in [0.25, 0.3) is 0 Å². The lowest BCUT2D eigenvalue weighted by Gasteiger charge is -2.38. The smallest absolute Gasteiger partial charge is 0.409 e. The van der Waals surface area contributed by atoms with E-state index in [9.17, 15) is 4.79 Å². The molecular weight excluding hydrogens is 378 g/mol. The molecule has 6 heteroatoms. The Labute approximate surface area is 182 Å². The zero-order valence-electron chi connectivity index (χ0n) is 19.1. The maximum atomic E-state index is 10.9. The maximum Gasteiger partial charge on any atom is 0.409 e. The summed E-state index contributed by atoms with van der Waals surface area (Å²) in [6.45, 7) is 6.28. The molecular formula is C24H41N3O3. The highest BCUT2D eigenvalue weighted by atomic mass is 16.5. The molecule has 2 N–H and O–H groups in total. The highest BCUT2D eigenvalue weighted by molar-refractivity contribution is 5.83. The molecule has 0 saturated carbocycles. The first-order valence-corrected chi connectivity index (χ1v) is 11.5. The maximum absolute atomic E-state index is 10.9. The summed E-state index contributed by atoms with van der Waals surface area (Å²) in [6, 6.07) is 8.82. The Hall–Kier alpha value is -1.63. The molecule has 2 unspecified atom stereocenters. The molecule has 2 rings (SSSR count). The molecule has 0 aliphatic carbocycles. The third kappa shape index (κ3) is 9.02. The standard InChI is InChI=1S/C24H41N3O3/c1-20(26(2)3)18-22-19-30-17-16-27(22)15-11-7-5-4-6-8-12-21-13-9-10-14-23(21)25-24(28)29/h9-10,13-14,20,22,25H,4-8,11-12,15-19H2,1-3H3,(H,28,29). The summed E-state index contributed by atoms with van der Waals surface area (Å²) >= 11 is 0. The number of para-hydroxylation sites is 1. The minimum atomic E-state index is -0.999. The van der Waals surface area contributed by atoms with Gasteiger partial charge in [0.2, 0.25) is 0 Å². The molecule has 1 fully saturated rings. The van der Waals surface area contributed by atoms with Crippen LogP contribution >= 0.6 is 0 Å². The number of anilines is 1. The van der Waals surface area contributed by atoms with E-state index in [1.54, 1.807) is 0 Å². The van der Waals surface area contributed by atoms with Gasteiger partial charge < -0.3 is 14.7 Å². The van der Waals surface area contributed by atoms with Crippen LogP contribution in [0.2, 0.25) is 0 Å². The summed E-state index contributed by atoms with van der Waals surface area (Å²) in [5.74, 6) is 0. The average molecular weight is 420 g/mol. The molecule has 0 bridgehead atoms. The van der Waals surface area contributed by atoms with Crippen LogP contribution in [0.3, 0.4) is 0 Å². The van der Waals surface area contributed by atoms with Crippen LogP contribution in [0.1, 0.15) is 57.4 Å². The Morgan fingerprint density at radius 3 is 2.63 bits per heavy atom. The lowest BCUT2D eigenvalue weighted by Crippen LogP contribution is -2.48. The van der Waals surface area contributed by atoms with Gasteiger partial charge in [-0.05, 0) is 64.9 Å². The highest BCUT2D eigenvalue weighted by Crippen LogP contribution is 2.19. The van der Waals surface area contributed by atoms with Gasteiger partial charge in [0.15, 0.2) is 0 Å². The largest absolute Gasteiger partial charge is 0.465 e. The van der Waals surface area contributed by atoms with Gasteiger partial charge in [0, 0.05) is 24.3 Å². The number of ether oxygens (including phenoxy) is 1. The summed E-state index contributed by atoms with van der Waals surface area (Å²) < 4.78 is 5.73. The molecule has 0 spiro atoms. The molecule has 1 heterocycles. The van der Waals surface area contributed by atoms with Gasteiger partial charge >= 0.3 is 6.09 Å². The SMILES string of the molecule is CC(CC1COCCN1CCCCCCCCc1ccccc1NC(=O)O)N(C)C. The number of rotatable bonds is 13. The summed E-state index contributed by atoms with van der Waals surface area (Å²) in [5, 5.41) is 11.4. The van der Waals surface area contributed by atoms with Gasteiger partial charge in [0.1, 0.15) is 0 Å². The Balaban J connectivity index is 1.58. The number of nitrogens with zero attached hydrogens (tertiary/aromatic N) is 2. The second kappa shape index (κ2) is 13.6. The topological polar surface area (TPSA) is 65.0 Å². The summed E-state index contributed by atoms with van der Waals surface area (Å²) in [6.07, 6.45) is 8.47. The molecule has 2 atom stereocenters. The lowest BCUT2D eigenvalue weighted by atomic mass is 10.0. The molecule has 6 nitrogen and oxygen atoms in total. The van der Waals surface area contributed by atoms with Gasteiger partial charge in [0.05, 0.1) is 13.2 Å². The van der Waals surface area contributed by atoms with Crippen LogP contribution < -0.4 is 5.32 Å². The second-order valence-electron chi connectivity index (χ2n) is 8.77. The fourth-order valence-corrected chi connectivity index (χ4v) is 4.12. The van der Waals surface area contributed by atoms with Crippen molar-refractivity contribution in [1.82, 2.24) is 9.80 Å². The number of hydrogen-bond acceptors (Lipinski definition) is 4. The number of carboxylic acid groups (broad SMARTS) is 1. The van der Waals surface area contributed by atoms with Crippen molar-refractivity contribution in [3.05, 3.63) is 29.8 Å². The van der Waals surface area contributed by atoms with E-state index in [1.165, 1.54) is 45.1 Å². The molecule has 170 valence electrons. The number of hydrogen-bond donors (Lipinski definition) is 2. The van der Waals surface area contributed by atoms with Crippen LogP contribution in [-0.4, -0.2) is 73.5 Å². The van der Waals surface area contributed by atoms with Gasteiger partial charge in [-0.15, -0.1) is 0 Å². The number of aryl methyl sites for hydroxylation is 1. The summed E-state index contributed by atoms with van der Waals surface area (Å²) in [5.41, 5.74) is 1.80. The summed E-state index contributed by atoms with van der Waals surface area (Å²) in [4.78, 5) is 15.8. The van der Waals surface area contributed by atoms with Crippen molar-refractivity contribution >= 4 is 11.8 Å². The van der Waals surface area contributed by atoms with E-state index >= 15 is 0 Å². The van der Waals surface area contributed by atoms with Crippen molar-refractivity contribution in [2.75, 3.05) is 45.7 Å². The molecule has 1 aromatic rings. The van der Waals surface area contributed by atoms with Gasteiger partial charge in [-0.3, -0.25) is 10.2 Å². The zero-order valence-corrected chi connectivity index (χ0v) is 19.1. The van der Waals surface area contributed by atoms with E-state index in [1.807, 2.05) is 24.3 Å². The van der Waals surface area contributed by atoms with E-state index in [0.29, 0.717) is 17.8 Å². The molecule has 1 aliphatic heterocycles. The van der Waals surface area contributed by atoms with E-state index in [4.69, 9.17) is 9.84 Å². The highest BCUT2D eigenvalue weighted by Gasteiger charge is 2.24. The number of unbranched alkanes of at least 4 members (excludes halogenated alkanes) is 5. The first kappa shape index (κ1) is 24.6. The monoisotopic (exact) mass is 419 g/mol. The van der Waals surface area contributed by atoms with Crippen LogP contribution in [0.25, 0.3) is 0 Å². The van der Waals surface area contributed by atoms with Crippen molar-refractivity contribution in [3.8, 4) is 0 Å². The predicted molar refractivity (Wildman–Crippen MR) is 123 cm³/mol. The first-order chi connectivity index (χ1) is 14.5. The molecule has 30 heavy (non-hydrogen) atoms. The van der Waals surface area contributed by atoms with Crippen LogP contribution in [0, 0.1) is 0 Å². The van der Waals surface area contributed by atoms with E-state index in [-0.39, 0.29) is 0 Å². The third-order valence-electron chi connectivity index (χ3n) is 6.24. The van der Waals surface area contributed by atoms with Crippen LogP contribution in [0.5, 0.6) is 0 Å². The van der Waals surface area contributed by atoms with Gasteiger partial charge in [-0.1, -0.05) is 43.9 Å². The van der Waals surface area contributed by atoms with Gasteiger partial charge in [-0.2, -0.15) is 0 Å². The fourth-order valence-electron chi connectivity index (χ4n) is 4.12. The van der Waals surface area contributed by atoms with E-state index < -0.39 is 6.09 Å². The van der Waals surface area contributed by atoms with E-state index in [2.05, 4.69) is 36.1 Å². The molecule has 1 saturated heterocycles. The Morgan fingerprint density at radius 2 is 1.90 bits per heavy atom. The second-order valence-corrected chi connectivity index (χ2v) is 8.77. The minimum absolute atomic E-state index is 0.552. The number of amides is 1. The van der Waals surface area contributed by atoms with Gasteiger partial charge in [-0.25, -0.2) is 4.79 Å². The molecule has 1 aromatic carbocycles. The normalized spacial score (nSPS) is 18.5. The Morgan fingerprint density at radius 1 is 1.20 bits per heavy atom. The Bertz CT molecular complexity index is 623. The quantitative estimate of drug-likeness (QED) is 0.454. The molecule has 1 amide bonds. The van der Waals surface area contributed by atoms with Crippen LogP contribution in [0.15, 0.2) is 24.3 Å². The van der Waals surface area contributed by atoms with Crippen molar-refractivity contribution in [1.29, 1.82) is 0 Å². The third-order valence-corrected chi connectivity index (χ3v) is 6.24.